The summed E-state index contributed by atoms with van der Waals surface area (Å²) in [7, 11) is 0. The number of carbonyl (C=O) groups excluding carboxylic acids is 1. The molecular weight excluding hydrogens is 304 g/mol. The lowest BCUT2D eigenvalue weighted by atomic mass is 10.0. The molecule has 0 aliphatic carbocycles. The van der Waals surface area contributed by atoms with Crippen LogP contribution in [-0.2, 0) is 23.7 Å². The Balaban J connectivity index is 2.16. The first-order valence-electron chi connectivity index (χ1n) is 6.01. The molecule has 2 rings (SSSR count). The average Bonchev–Trinajstić information content (AvgIpc) is 2.57. The predicted octanol–water partition coefficient (Wildman–Crippen LogP) is 1.62. The molecule has 0 bridgehead atoms. The van der Waals surface area contributed by atoms with Crippen LogP contribution in [0.1, 0.15) is 27.7 Å². The fourth-order valence-corrected chi connectivity index (χ4v) is 2.80. The molecule has 0 radical (unpaired) electrons. The van der Waals surface area contributed by atoms with Gasteiger partial charge in [-0.3, -0.25) is 0 Å². The molecule has 6 heteroatoms. The first-order valence-corrected chi connectivity index (χ1v) is 6.92. The zero-order valence-corrected chi connectivity index (χ0v) is 12.6. The molecule has 0 aromatic heterocycles. The van der Waals surface area contributed by atoms with Crippen LogP contribution < -0.4 is 0 Å². The van der Waals surface area contributed by atoms with Crippen molar-refractivity contribution in [1.82, 2.24) is 0 Å². The minimum Gasteiger partial charge on any atom is -0.349 e. The number of rotatable bonds is 2. The molecule has 2 fully saturated rings. The van der Waals surface area contributed by atoms with Crippen molar-refractivity contribution in [1.29, 1.82) is 0 Å². The Hall–Kier alpha value is -0.01000. The van der Waals surface area contributed by atoms with Gasteiger partial charge in [-0.1, -0.05) is 15.9 Å². The molecule has 0 N–H and O–H groups in total. The molecule has 0 saturated carbocycles. The number of alkyl halides is 1. The highest BCUT2D eigenvalue weighted by Gasteiger charge is 2.50. The Kier molecular flexibility index (Phi) is 3.86. The van der Waals surface area contributed by atoms with Gasteiger partial charge in [-0.05, 0) is 27.7 Å². The summed E-state index contributed by atoms with van der Waals surface area (Å²) < 4.78 is 22.7. The third kappa shape index (κ3) is 2.93. The van der Waals surface area contributed by atoms with Gasteiger partial charge in [0.15, 0.2) is 17.9 Å². The van der Waals surface area contributed by atoms with E-state index in [1.165, 1.54) is 0 Å². The molecule has 0 amide bonds. The summed E-state index contributed by atoms with van der Waals surface area (Å²) in [5, 5.41) is 0. The fourth-order valence-electron chi connectivity index (χ4n) is 2.26. The van der Waals surface area contributed by atoms with Gasteiger partial charge in [-0.15, -0.1) is 0 Å². The van der Waals surface area contributed by atoms with Gasteiger partial charge >= 0.3 is 0 Å². The summed E-state index contributed by atoms with van der Waals surface area (Å²) in [5.74, 6) is -1.45. The monoisotopic (exact) mass is 322 g/mol. The van der Waals surface area contributed by atoms with Crippen molar-refractivity contribution in [2.45, 2.75) is 62.4 Å². The van der Waals surface area contributed by atoms with Crippen molar-refractivity contribution in [3.8, 4) is 0 Å². The minimum absolute atomic E-state index is 0.0320. The Labute approximate surface area is 115 Å². The van der Waals surface area contributed by atoms with E-state index in [4.69, 9.17) is 18.9 Å². The maximum Gasteiger partial charge on any atom is 0.164 e. The van der Waals surface area contributed by atoms with E-state index in [9.17, 15) is 4.79 Å². The normalized spacial score (nSPS) is 42.7. The van der Waals surface area contributed by atoms with Gasteiger partial charge in [0.05, 0.1) is 11.4 Å². The number of carbonyl (C=O) groups is 1. The molecule has 4 unspecified atom stereocenters. The van der Waals surface area contributed by atoms with Crippen LogP contribution in [-0.4, -0.2) is 47.6 Å². The standard InChI is InChI=1S/C12H19BrO5/c1-11(2)15-6-7(13)9(17-11)10-8(5-14)16-12(3,4)18-10/h5,7-10H,6H2,1-4H3. The number of hydrogen-bond donors (Lipinski definition) is 0. The van der Waals surface area contributed by atoms with Crippen LogP contribution in [0.5, 0.6) is 0 Å². The molecule has 2 aliphatic rings. The molecule has 0 aromatic rings. The number of ether oxygens (including phenoxy) is 4. The summed E-state index contributed by atoms with van der Waals surface area (Å²) >= 11 is 3.51. The summed E-state index contributed by atoms with van der Waals surface area (Å²) in [4.78, 5) is 11.1. The van der Waals surface area contributed by atoms with Crippen molar-refractivity contribution < 1.29 is 23.7 Å². The average molecular weight is 323 g/mol. The first kappa shape index (κ1) is 14.4. The lowest BCUT2D eigenvalue weighted by Crippen LogP contribution is -2.54. The van der Waals surface area contributed by atoms with Gasteiger partial charge in [0.1, 0.15) is 18.3 Å². The van der Waals surface area contributed by atoms with Crippen molar-refractivity contribution in [2.75, 3.05) is 6.61 Å². The van der Waals surface area contributed by atoms with Crippen LogP contribution in [0.25, 0.3) is 0 Å². The Morgan fingerprint density at radius 1 is 1.06 bits per heavy atom. The van der Waals surface area contributed by atoms with Crippen LogP contribution in [0.3, 0.4) is 0 Å². The molecule has 2 saturated heterocycles. The minimum atomic E-state index is -0.769. The van der Waals surface area contributed by atoms with Crippen molar-refractivity contribution in [3.63, 3.8) is 0 Å². The molecule has 5 nitrogen and oxygen atoms in total. The van der Waals surface area contributed by atoms with Gasteiger partial charge < -0.3 is 23.7 Å². The van der Waals surface area contributed by atoms with Gasteiger partial charge in [0.2, 0.25) is 0 Å². The largest absolute Gasteiger partial charge is 0.349 e. The van der Waals surface area contributed by atoms with E-state index in [-0.39, 0.29) is 10.9 Å². The first-order chi connectivity index (χ1) is 8.24. The zero-order chi connectivity index (χ0) is 13.6. The molecule has 2 aliphatic heterocycles. The summed E-state index contributed by atoms with van der Waals surface area (Å²) in [6.07, 6.45) is -0.556. The molecule has 4 atom stereocenters. The van der Waals surface area contributed by atoms with Gasteiger partial charge in [-0.25, -0.2) is 0 Å². The Morgan fingerprint density at radius 3 is 2.28 bits per heavy atom. The molecule has 0 aromatic carbocycles. The lowest BCUT2D eigenvalue weighted by Gasteiger charge is -2.41. The quantitative estimate of drug-likeness (QED) is 0.571. The highest BCUT2D eigenvalue weighted by molar-refractivity contribution is 9.09. The fraction of sp³-hybridized carbons (Fsp3) is 0.917. The van der Waals surface area contributed by atoms with E-state index in [1.807, 2.05) is 13.8 Å². The second-order valence-corrected chi connectivity index (χ2v) is 6.69. The van der Waals surface area contributed by atoms with E-state index < -0.39 is 23.8 Å². The lowest BCUT2D eigenvalue weighted by molar-refractivity contribution is -0.289. The van der Waals surface area contributed by atoms with Crippen LogP contribution in [0.15, 0.2) is 0 Å². The predicted molar refractivity (Wildman–Crippen MR) is 67.5 cm³/mol. The van der Waals surface area contributed by atoms with Crippen molar-refractivity contribution in [2.24, 2.45) is 0 Å². The molecule has 18 heavy (non-hydrogen) atoms. The van der Waals surface area contributed by atoms with E-state index in [0.717, 1.165) is 6.29 Å². The van der Waals surface area contributed by atoms with Crippen LogP contribution >= 0.6 is 15.9 Å². The van der Waals surface area contributed by atoms with Crippen LogP contribution in [0, 0.1) is 0 Å². The van der Waals surface area contributed by atoms with E-state index >= 15 is 0 Å². The smallest absolute Gasteiger partial charge is 0.164 e. The van der Waals surface area contributed by atoms with Crippen LogP contribution in [0.4, 0.5) is 0 Å². The van der Waals surface area contributed by atoms with E-state index in [2.05, 4.69) is 15.9 Å². The van der Waals surface area contributed by atoms with E-state index in [0.29, 0.717) is 6.61 Å². The molecule has 2 heterocycles. The highest BCUT2D eigenvalue weighted by Crippen LogP contribution is 2.36. The number of halogens is 1. The van der Waals surface area contributed by atoms with Crippen molar-refractivity contribution in [3.05, 3.63) is 0 Å². The summed E-state index contributed by atoms with van der Waals surface area (Å²) in [6.45, 7) is 7.77. The second kappa shape index (κ2) is 4.83. The Bertz CT molecular complexity index is 330. The number of aldehydes is 1. The second-order valence-electron chi connectivity index (χ2n) is 5.51. The maximum absolute atomic E-state index is 11.1. The highest BCUT2D eigenvalue weighted by atomic mass is 79.9. The van der Waals surface area contributed by atoms with Crippen molar-refractivity contribution >= 4 is 22.2 Å². The summed E-state index contributed by atoms with van der Waals surface area (Å²) in [5.41, 5.74) is 0. The molecular formula is C12H19BrO5. The Morgan fingerprint density at radius 2 is 1.67 bits per heavy atom. The maximum atomic E-state index is 11.1. The third-order valence-electron chi connectivity index (χ3n) is 2.99. The SMILES string of the molecule is CC1(C)OCC(Br)C(C2OC(C)(C)OC2C=O)O1. The van der Waals surface area contributed by atoms with Gasteiger partial charge in [0.25, 0.3) is 0 Å². The van der Waals surface area contributed by atoms with E-state index in [1.54, 1.807) is 13.8 Å². The van der Waals surface area contributed by atoms with Crippen LogP contribution in [0.2, 0.25) is 0 Å². The van der Waals surface area contributed by atoms with Gasteiger partial charge in [-0.2, -0.15) is 0 Å². The number of hydrogen-bond acceptors (Lipinski definition) is 5. The molecule has 0 spiro atoms. The third-order valence-corrected chi connectivity index (χ3v) is 3.77. The zero-order valence-electron chi connectivity index (χ0n) is 11.0. The van der Waals surface area contributed by atoms with Gasteiger partial charge in [0, 0.05) is 0 Å². The topological polar surface area (TPSA) is 54.0 Å². The molecule has 104 valence electrons. The summed E-state index contributed by atoms with van der Waals surface area (Å²) in [6, 6.07) is 0.